The molecule has 4 heteroatoms. The van der Waals surface area contributed by atoms with E-state index in [2.05, 4.69) is 5.32 Å². The van der Waals surface area contributed by atoms with E-state index in [1.54, 1.807) is 12.1 Å². The summed E-state index contributed by atoms with van der Waals surface area (Å²) < 4.78 is 0. The third kappa shape index (κ3) is 3.71. The Morgan fingerprint density at radius 1 is 1.04 bits per heavy atom. The van der Waals surface area contributed by atoms with Gasteiger partial charge in [-0.15, -0.1) is 0 Å². The number of phenolic OH excluding ortho intramolecular Hbond substituents is 1. The highest BCUT2D eigenvalue weighted by Crippen LogP contribution is 2.34. The predicted molar refractivity (Wildman–Crippen MR) is 90.5 cm³/mol. The van der Waals surface area contributed by atoms with E-state index in [0.29, 0.717) is 6.42 Å². The van der Waals surface area contributed by atoms with Crippen molar-refractivity contribution in [2.24, 2.45) is 0 Å². The van der Waals surface area contributed by atoms with Gasteiger partial charge in [0.05, 0.1) is 0 Å². The standard InChI is InChI=1S/C19H22N2O2/c22-18-9-5-4-8-16(18)17(15-6-2-1-3-7-15)14-19(23)21-12-10-20-11-13-21/h1-9,17,20,22H,10-14H2/t17-/m1/s1. The Kier molecular flexibility index (Phi) is 4.93. The molecule has 1 saturated heterocycles. The molecule has 0 aliphatic carbocycles. The van der Waals surface area contributed by atoms with Gasteiger partial charge in [0.1, 0.15) is 5.75 Å². The molecule has 2 aromatic carbocycles. The average molecular weight is 310 g/mol. The van der Waals surface area contributed by atoms with Crippen molar-refractivity contribution < 1.29 is 9.90 Å². The smallest absolute Gasteiger partial charge is 0.223 e. The number of hydrogen-bond acceptors (Lipinski definition) is 3. The second-order valence-corrected chi connectivity index (χ2v) is 5.86. The van der Waals surface area contributed by atoms with Crippen molar-refractivity contribution in [3.63, 3.8) is 0 Å². The van der Waals surface area contributed by atoms with Gasteiger partial charge in [0, 0.05) is 44.1 Å². The maximum absolute atomic E-state index is 12.7. The van der Waals surface area contributed by atoms with Crippen molar-refractivity contribution in [3.8, 4) is 5.75 Å². The van der Waals surface area contributed by atoms with Crippen molar-refractivity contribution in [2.75, 3.05) is 26.2 Å². The highest BCUT2D eigenvalue weighted by Gasteiger charge is 2.24. The van der Waals surface area contributed by atoms with E-state index in [9.17, 15) is 9.90 Å². The van der Waals surface area contributed by atoms with E-state index in [4.69, 9.17) is 0 Å². The molecule has 23 heavy (non-hydrogen) atoms. The number of carbonyl (C=O) groups is 1. The van der Waals surface area contributed by atoms with Gasteiger partial charge >= 0.3 is 0 Å². The maximum Gasteiger partial charge on any atom is 0.223 e. The molecule has 1 heterocycles. The Bertz CT molecular complexity index is 651. The molecule has 2 N–H and O–H groups in total. The maximum atomic E-state index is 12.7. The summed E-state index contributed by atoms with van der Waals surface area (Å²) in [6.45, 7) is 3.19. The summed E-state index contributed by atoms with van der Waals surface area (Å²) in [7, 11) is 0. The molecule has 0 bridgehead atoms. The van der Waals surface area contributed by atoms with Crippen LogP contribution in [0.25, 0.3) is 0 Å². The SMILES string of the molecule is O=C(C[C@H](c1ccccc1)c1ccccc1O)N1CCNCC1. The summed E-state index contributed by atoms with van der Waals surface area (Å²) in [5.74, 6) is 0.262. The van der Waals surface area contributed by atoms with Crippen LogP contribution >= 0.6 is 0 Å². The summed E-state index contributed by atoms with van der Waals surface area (Å²) >= 11 is 0. The van der Waals surface area contributed by atoms with E-state index in [0.717, 1.165) is 37.3 Å². The molecule has 3 rings (SSSR count). The summed E-state index contributed by atoms with van der Waals surface area (Å²) in [5, 5.41) is 13.5. The number of hydrogen-bond donors (Lipinski definition) is 2. The highest BCUT2D eigenvalue weighted by atomic mass is 16.3. The lowest BCUT2D eigenvalue weighted by Gasteiger charge is -2.29. The Morgan fingerprint density at radius 3 is 2.39 bits per heavy atom. The van der Waals surface area contributed by atoms with Crippen LogP contribution in [0.2, 0.25) is 0 Å². The first-order valence-corrected chi connectivity index (χ1v) is 8.07. The number of piperazine rings is 1. The second kappa shape index (κ2) is 7.29. The molecule has 1 fully saturated rings. The molecule has 1 amide bonds. The van der Waals surface area contributed by atoms with Gasteiger partial charge in [-0.3, -0.25) is 4.79 Å². The van der Waals surface area contributed by atoms with E-state index >= 15 is 0 Å². The Morgan fingerprint density at radius 2 is 1.70 bits per heavy atom. The third-order valence-electron chi connectivity index (χ3n) is 4.36. The van der Waals surface area contributed by atoms with E-state index < -0.39 is 0 Å². The number of rotatable bonds is 4. The fourth-order valence-corrected chi connectivity index (χ4v) is 3.09. The quantitative estimate of drug-likeness (QED) is 0.911. The summed E-state index contributed by atoms with van der Waals surface area (Å²) in [5.41, 5.74) is 1.86. The van der Waals surface area contributed by atoms with Crippen molar-refractivity contribution >= 4 is 5.91 Å². The van der Waals surface area contributed by atoms with Crippen LogP contribution in [0.15, 0.2) is 54.6 Å². The predicted octanol–water partition coefficient (Wildman–Crippen LogP) is 2.35. The topological polar surface area (TPSA) is 52.6 Å². The van der Waals surface area contributed by atoms with Crippen LogP contribution in [0.3, 0.4) is 0 Å². The van der Waals surface area contributed by atoms with Gasteiger partial charge in [-0.25, -0.2) is 0 Å². The average Bonchev–Trinajstić information content (AvgIpc) is 2.62. The van der Waals surface area contributed by atoms with Crippen LogP contribution < -0.4 is 5.32 Å². The van der Waals surface area contributed by atoms with Gasteiger partial charge < -0.3 is 15.3 Å². The van der Waals surface area contributed by atoms with Crippen molar-refractivity contribution in [3.05, 3.63) is 65.7 Å². The molecule has 1 aliphatic rings. The van der Waals surface area contributed by atoms with Crippen molar-refractivity contribution in [1.29, 1.82) is 0 Å². The van der Waals surface area contributed by atoms with Crippen LogP contribution in [-0.2, 0) is 4.79 Å². The van der Waals surface area contributed by atoms with Crippen LogP contribution in [0.4, 0.5) is 0 Å². The number of nitrogens with zero attached hydrogens (tertiary/aromatic N) is 1. The third-order valence-corrected chi connectivity index (χ3v) is 4.36. The fraction of sp³-hybridized carbons (Fsp3) is 0.316. The molecule has 2 aromatic rings. The first-order valence-electron chi connectivity index (χ1n) is 8.07. The second-order valence-electron chi connectivity index (χ2n) is 5.86. The van der Waals surface area contributed by atoms with Gasteiger partial charge in [-0.2, -0.15) is 0 Å². The molecular weight excluding hydrogens is 288 g/mol. The molecule has 0 unspecified atom stereocenters. The Labute approximate surface area is 136 Å². The minimum atomic E-state index is -0.125. The number of phenols is 1. The fourth-order valence-electron chi connectivity index (χ4n) is 3.09. The number of para-hydroxylation sites is 1. The Balaban J connectivity index is 1.87. The molecule has 4 nitrogen and oxygen atoms in total. The molecular formula is C19H22N2O2. The van der Waals surface area contributed by atoms with Crippen LogP contribution in [0.5, 0.6) is 5.75 Å². The molecule has 1 atom stereocenters. The van der Waals surface area contributed by atoms with Crippen LogP contribution in [0, 0.1) is 0 Å². The van der Waals surface area contributed by atoms with Crippen molar-refractivity contribution in [2.45, 2.75) is 12.3 Å². The van der Waals surface area contributed by atoms with Crippen LogP contribution in [0.1, 0.15) is 23.5 Å². The first kappa shape index (κ1) is 15.6. The van der Waals surface area contributed by atoms with E-state index in [1.807, 2.05) is 47.4 Å². The summed E-state index contributed by atoms with van der Waals surface area (Å²) in [6, 6.07) is 17.2. The first-order chi connectivity index (χ1) is 11.3. The lowest BCUT2D eigenvalue weighted by molar-refractivity contribution is -0.132. The summed E-state index contributed by atoms with van der Waals surface area (Å²) in [4.78, 5) is 14.6. The number of amides is 1. The lowest BCUT2D eigenvalue weighted by atomic mass is 9.87. The lowest BCUT2D eigenvalue weighted by Crippen LogP contribution is -2.46. The normalized spacial score (nSPS) is 16.1. The number of carbonyl (C=O) groups excluding carboxylic acids is 1. The molecule has 0 radical (unpaired) electrons. The van der Waals surface area contributed by atoms with Gasteiger partial charge in [0.15, 0.2) is 0 Å². The highest BCUT2D eigenvalue weighted by molar-refractivity contribution is 5.78. The molecule has 0 saturated carbocycles. The minimum absolute atomic E-state index is 0.125. The zero-order valence-electron chi connectivity index (χ0n) is 13.1. The van der Waals surface area contributed by atoms with Crippen LogP contribution in [-0.4, -0.2) is 42.1 Å². The van der Waals surface area contributed by atoms with Gasteiger partial charge in [0.2, 0.25) is 5.91 Å². The number of aromatic hydroxyl groups is 1. The minimum Gasteiger partial charge on any atom is -0.508 e. The van der Waals surface area contributed by atoms with Gasteiger partial charge in [0.25, 0.3) is 0 Å². The summed E-state index contributed by atoms with van der Waals surface area (Å²) in [6.07, 6.45) is 0.377. The molecule has 120 valence electrons. The van der Waals surface area contributed by atoms with E-state index in [1.165, 1.54) is 0 Å². The monoisotopic (exact) mass is 310 g/mol. The van der Waals surface area contributed by atoms with Gasteiger partial charge in [-0.1, -0.05) is 48.5 Å². The van der Waals surface area contributed by atoms with Crippen molar-refractivity contribution in [1.82, 2.24) is 10.2 Å². The molecule has 0 aromatic heterocycles. The largest absolute Gasteiger partial charge is 0.508 e. The van der Waals surface area contributed by atoms with Gasteiger partial charge in [-0.05, 0) is 11.6 Å². The van der Waals surface area contributed by atoms with E-state index in [-0.39, 0.29) is 17.6 Å². The zero-order valence-corrected chi connectivity index (χ0v) is 13.1. The Hall–Kier alpha value is -2.33. The number of nitrogens with one attached hydrogen (secondary N) is 1. The zero-order chi connectivity index (χ0) is 16.1. The molecule has 0 spiro atoms. The number of benzene rings is 2. The molecule has 1 aliphatic heterocycles.